The van der Waals surface area contributed by atoms with E-state index in [9.17, 15) is 4.79 Å². The highest BCUT2D eigenvalue weighted by molar-refractivity contribution is 7.80. The molecular weight excluding hydrogens is 224 g/mol. The van der Waals surface area contributed by atoms with E-state index in [-0.39, 0.29) is 10.9 Å². The third-order valence-electron chi connectivity index (χ3n) is 3.03. The van der Waals surface area contributed by atoms with Crippen LogP contribution in [0.3, 0.4) is 0 Å². The number of nitrogens with zero attached hydrogens (tertiary/aromatic N) is 1. The highest BCUT2D eigenvalue weighted by atomic mass is 32.1. The predicted molar refractivity (Wildman–Crippen MR) is 64.8 cm³/mol. The van der Waals surface area contributed by atoms with Crippen LogP contribution in [0.25, 0.3) is 0 Å². The van der Waals surface area contributed by atoms with Crippen LogP contribution in [0.5, 0.6) is 0 Å². The Bertz CT molecular complexity index is 408. The van der Waals surface area contributed by atoms with Gasteiger partial charge in [0.1, 0.15) is 0 Å². The molecule has 4 N–H and O–H groups in total. The van der Waals surface area contributed by atoms with Gasteiger partial charge in [0.2, 0.25) is 11.9 Å². The molecule has 1 aliphatic rings. The van der Waals surface area contributed by atoms with E-state index in [2.05, 4.69) is 22.2 Å². The van der Waals surface area contributed by atoms with E-state index < -0.39 is 5.41 Å². The number of anilines is 1. The predicted octanol–water partition coefficient (Wildman–Crippen LogP) is 1.05. The Morgan fingerprint density at radius 1 is 1.75 bits per heavy atom. The van der Waals surface area contributed by atoms with E-state index in [1.807, 2.05) is 0 Å². The summed E-state index contributed by atoms with van der Waals surface area (Å²) in [6.07, 6.45) is 4.66. The Morgan fingerprint density at radius 2 is 2.44 bits per heavy atom. The van der Waals surface area contributed by atoms with Gasteiger partial charge in [0, 0.05) is 12.4 Å². The fraction of sp³-hybridized carbons (Fsp3) is 0.500. The fourth-order valence-electron chi connectivity index (χ4n) is 2.19. The Morgan fingerprint density at radius 3 is 2.88 bits per heavy atom. The average Bonchev–Trinajstić information content (AvgIpc) is 2.64. The summed E-state index contributed by atoms with van der Waals surface area (Å²) in [5.41, 5.74) is 4.99. The number of aromatic amines is 1. The van der Waals surface area contributed by atoms with Crippen molar-refractivity contribution in [2.24, 2.45) is 17.1 Å². The first-order chi connectivity index (χ1) is 7.54. The maximum Gasteiger partial charge on any atom is 0.239 e. The summed E-state index contributed by atoms with van der Waals surface area (Å²) in [6.45, 7) is 2.08. The molecule has 0 atom stereocenters. The van der Waals surface area contributed by atoms with Crippen molar-refractivity contribution in [3.05, 3.63) is 12.4 Å². The van der Waals surface area contributed by atoms with Crippen molar-refractivity contribution in [1.29, 1.82) is 0 Å². The van der Waals surface area contributed by atoms with E-state index in [0.29, 0.717) is 11.9 Å². The molecule has 1 amide bonds. The Hall–Kier alpha value is -1.43. The third kappa shape index (κ3) is 1.69. The minimum absolute atomic E-state index is 0.159. The maximum atomic E-state index is 12.1. The zero-order valence-electron chi connectivity index (χ0n) is 8.99. The molecule has 1 heterocycles. The van der Waals surface area contributed by atoms with E-state index in [4.69, 9.17) is 18.0 Å². The number of hydrogen-bond acceptors (Lipinski definition) is 3. The number of amides is 1. The fourth-order valence-corrected chi connectivity index (χ4v) is 2.45. The second-order valence-electron chi connectivity index (χ2n) is 4.35. The van der Waals surface area contributed by atoms with Crippen LogP contribution in [0.1, 0.15) is 19.8 Å². The van der Waals surface area contributed by atoms with Crippen LogP contribution in [-0.4, -0.2) is 20.9 Å². The summed E-state index contributed by atoms with van der Waals surface area (Å²) in [5.74, 6) is 0.761. The first kappa shape index (κ1) is 11.1. The molecule has 1 aromatic heterocycles. The van der Waals surface area contributed by atoms with Crippen LogP contribution < -0.4 is 11.1 Å². The summed E-state index contributed by atoms with van der Waals surface area (Å²) in [4.78, 5) is 19.1. The number of nitrogens with one attached hydrogen (secondary N) is 2. The first-order valence-electron chi connectivity index (χ1n) is 5.15. The van der Waals surface area contributed by atoms with E-state index >= 15 is 0 Å². The lowest BCUT2D eigenvalue weighted by atomic mass is 9.62. The van der Waals surface area contributed by atoms with Gasteiger partial charge in [-0.15, -0.1) is 0 Å². The molecule has 16 heavy (non-hydrogen) atoms. The average molecular weight is 238 g/mol. The lowest BCUT2D eigenvalue weighted by Gasteiger charge is -2.43. The van der Waals surface area contributed by atoms with Gasteiger partial charge in [0.25, 0.3) is 0 Å². The molecule has 0 radical (unpaired) electrons. The van der Waals surface area contributed by atoms with Gasteiger partial charge >= 0.3 is 0 Å². The topological polar surface area (TPSA) is 83.8 Å². The number of rotatable bonds is 3. The van der Waals surface area contributed by atoms with E-state index in [1.165, 1.54) is 0 Å². The zero-order chi connectivity index (χ0) is 11.8. The molecule has 0 unspecified atom stereocenters. The molecule has 1 aromatic rings. The minimum atomic E-state index is -0.679. The number of nitrogens with two attached hydrogens (primary N) is 1. The molecule has 1 saturated carbocycles. The van der Waals surface area contributed by atoms with Crippen molar-refractivity contribution >= 4 is 29.1 Å². The number of hydrogen-bond donors (Lipinski definition) is 3. The van der Waals surface area contributed by atoms with Gasteiger partial charge < -0.3 is 10.7 Å². The first-order valence-corrected chi connectivity index (χ1v) is 5.56. The van der Waals surface area contributed by atoms with Gasteiger partial charge in [-0.05, 0) is 18.8 Å². The molecule has 0 saturated heterocycles. The Labute approximate surface area is 98.8 Å². The molecule has 0 aromatic carbocycles. The van der Waals surface area contributed by atoms with Crippen LogP contribution in [0.15, 0.2) is 12.4 Å². The van der Waals surface area contributed by atoms with E-state index in [0.717, 1.165) is 12.8 Å². The molecule has 2 rings (SSSR count). The van der Waals surface area contributed by atoms with Crippen molar-refractivity contribution in [2.45, 2.75) is 19.8 Å². The van der Waals surface area contributed by atoms with Crippen LogP contribution in [-0.2, 0) is 4.79 Å². The molecule has 1 fully saturated rings. The van der Waals surface area contributed by atoms with Gasteiger partial charge in [-0.1, -0.05) is 19.1 Å². The van der Waals surface area contributed by atoms with Gasteiger partial charge in [-0.2, -0.15) is 0 Å². The monoisotopic (exact) mass is 238 g/mol. The lowest BCUT2D eigenvalue weighted by molar-refractivity contribution is -0.127. The molecule has 0 bridgehead atoms. The number of carbonyl (C=O) groups excluding carboxylic acids is 1. The second kappa shape index (κ2) is 3.86. The van der Waals surface area contributed by atoms with Crippen molar-refractivity contribution in [3.63, 3.8) is 0 Å². The molecule has 1 aliphatic carbocycles. The highest BCUT2D eigenvalue weighted by Gasteiger charge is 2.51. The number of thiocarbonyl (C=S) groups is 1. The largest absolute Gasteiger partial charge is 0.392 e. The van der Waals surface area contributed by atoms with Crippen LogP contribution in [0.2, 0.25) is 0 Å². The molecular formula is C10H14N4OS. The van der Waals surface area contributed by atoms with Crippen molar-refractivity contribution < 1.29 is 4.79 Å². The number of H-pyrrole nitrogens is 1. The summed E-state index contributed by atoms with van der Waals surface area (Å²) < 4.78 is 0. The second-order valence-corrected chi connectivity index (χ2v) is 4.79. The molecule has 0 aliphatic heterocycles. The summed E-state index contributed by atoms with van der Waals surface area (Å²) in [5, 5.41) is 2.69. The van der Waals surface area contributed by atoms with Gasteiger partial charge in [-0.3, -0.25) is 10.1 Å². The quantitative estimate of drug-likeness (QED) is 0.687. The van der Waals surface area contributed by atoms with E-state index in [1.54, 1.807) is 12.4 Å². The third-order valence-corrected chi connectivity index (χ3v) is 3.42. The SMILES string of the molecule is CC1CC(C(=O)Nc2ncc[nH]2)(C(N)=S)C1. The Kier molecular flexibility index (Phi) is 2.67. The van der Waals surface area contributed by atoms with Crippen molar-refractivity contribution in [1.82, 2.24) is 9.97 Å². The summed E-state index contributed by atoms with van der Waals surface area (Å²) >= 11 is 4.99. The molecule has 5 nitrogen and oxygen atoms in total. The van der Waals surface area contributed by atoms with Crippen molar-refractivity contribution in [2.75, 3.05) is 5.32 Å². The number of imidazole rings is 1. The van der Waals surface area contributed by atoms with Gasteiger partial charge in [-0.25, -0.2) is 4.98 Å². The molecule has 0 spiro atoms. The Balaban J connectivity index is 2.10. The number of carbonyl (C=O) groups is 1. The number of aromatic nitrogens is 2. The molecule has 6 heteroatoms. The summed E-state index contributed by atoms with van der Waals surface area (Å²) in [6, 6.07) is 0. The normalized spacial score (nSPS) is 28.2. The van der Waals surface area contributed by atoms with Crippen LogP contribution >= 0.6 is 12.2 Å². The minimum Gasteiger partial charge on any atom is -0.392 e. The highest BCUT2D eigenvalue weighted by Crippen LogP contribution is 2.46. The van der Waals surface area contributed by atoms with Crippen LogP contribution in [0.4, 0.5) is 5.95 Å². The molecule has 86 valence electrons. The van der Waals surface area contributed by atoms with Gasteiger partial charge in [0.15, 0.2) is 0 Å². The van der Waals surface area contributed by atoms with Gasteiger partial charge in [0.05, 0.1) is 10.4 Å². The van der Waals surface area contributed by atoms with Crippen molar-refractivity contribution in [3.8, 4) is 0 Å². The summed E-state index contributed by atoms with van der Waals surface area (Å²) in [7, 11) is 0. The van der Waals surface area contributed by atoms with Crippen LogP contribution in [0, 0.1) is 11.3 Å². The smallest absolute Gasteiger partial charge is 0.239 e. The standard InChI is InChI=1S/C10H14N4OS/c1-6-4-10(5-6,7(11)16)8(15)14-9-12-2-3-13-9/h2-3,6H,4-5H2,1H3,(H2,11,16)(H2,12,13,14,15). The maximum absolute atomic E-state index is 12.1. The lowest BCUT2D eigenvalue weighted by Crippen LogP contribution is -2.54. The zero-order valence-corrected chi connectivity index (χ0v) is 9.80.